The normalized spacial score (nSPS) is 5.90. The van der Waals surface area contributed by atoms with Gasteiger partial charge in [-0.15, -0.1) is 12.4 Å². The van der Waals surface area contributed by atoms with Crippen molar-refractivity contribution < 1.29 is 36.6 Å². The van der Waals surface area contributed by atoms with Crippen LogP contribution in [0.15, 0.2) is 0 Å². The van der Waals surface area contributed by atoms with E-state index in [4.69, 9.17) is 19.2 Å². The van der Waals surface area contributed by atoms with E-state index in [0.29, 0.717) is 0 Å². The number of hydrogen-bond donors (Lipinski definition) is 3. The predicted octanol–water partition coefficient (Wildman–Crippen LogP) is -2.45. The zero-order valence-electron chi connectivity index (χ0n) is 3.01. The molecule has 0 rings (SSSR count). The van der Waals surface area contributed by atoms with Crippen LogP contribution in [-0.4, -0.2) is 147 Å². The SMILES string of the molecule is Cl.O=P(O)(O)O.[Cr].[KH].[KH].[NaH]. The average molecular weight is 291 g/mol. The Morgan fingerprint density at radius 1 is 1.00 bits per heavy atom. The molecule has 0 fully saturated rings. The van der Waals surface area contributed by atoms with Crippen LogP contribution in [0.3, 0.4) is 0 Å². The summed E-state index contributed by atoms with van der Waals surface area (Å²) in [6.45, 7) is 0. The number of hydrogen-bond acceptors (Lipinski definition) is 1. The summed E-state index contributed by atoms with van der Waals surface area (Å²) in [7, 11) is -4.64. The molecule has 0 saturated heterocycles. The van der Waals surface area contributed by atoms with Crippen LogP contribution >= 0.6 is 20.2 Å². The first-order valence-electron chi connectivity index (χ1n) is 0.783. The molecule has 0 radical (unpaired) electrons. The van der Waals surface area contributed by atoms with Crippen molar-refractivity contribution in [1.82, 2.24) is 0 Å². The van der Waals surface area contributed by atoms with E-state index >= 15 is 0 Å². The van der Waals surface area contributed by atoms with Gasteiger partial charge >= 0.3 is 140 Å². The van der Waals surface area contributed by atoms with Crippen molar-refractivity contribution in [3.8, 4) is 0 Å². The minimum absolute atomic E-state index is 0. The van der Waals surface area contributed by atoms with Crippen LogP contribution in [-0.2, 0) is 21.9 Å². The van der Waals surface area contributed by atoms with Crippen LogP contribution in [0.25, 0.3) is 0 Å². The molecule has 0 unspecified atom stereocenters. The van der Waals surface area contributed by atoms with E-state index < -0.39 is 7.82 Å². The van der Waals surface area contributed by atoms with E-state index in [1.807, 2.05) is 0 Å². The van der Waals surface area contributed by atoms with Gasteiger partial charge in [0, 0.05) is 17.4 Å². The van der Waals surface area contributed by atoms with E-state index in [2.05, 4.69) is 0 Å². The van der Waals surface area contributed by atoms with Gasteiger partial charge in [-0.3, -0.25) is 0 Å². The van der Waals surface area contributed by atoms with Crippen LogP contribution in [0.4, 0.5) is 0 Å². The van der Waals surface area contributed by atoms with Crippen molar-refractivity contribution in [3.05, 3.63) is 0 Å². The molecule has 10 heavy (non-hydrogen) atoms. The fourth-order valence-corrected chi connectivity index (χ4v) is 0. The van der Waals surface area contributed by atoms with Gasteiger partial charge in [-0.25, -0.2) is 4.57 Å². The van der Waals surface area contributed by atoms with Crippen LogP contribution in [0.2, 0.25) is 0 Å². The molecular weight excluding hydrogens is 284 g/mol. The van der Waals surface area contributed by atoms with Crippen LogP contribution < -0.4 is 0 Å². The third-order valence-corrected chi connectivity index (χ3v) is 0. The quantitative estimate of drug-likeness (QED) is 0.342. The molecule has 0 bridgehead atoms. The zero-order valence-corrected chi connectivity index (χ0v) is 6.00. The van der Waals surface area contributed by atoms with Crippen LogP contribution in [0.1, 0.15) is 0 Å². The standard InChI is InChI=1S/ClH.Cr.2K.Na.H3O4P.3H/c;;;;;1-5(2,3)4;;;/h1H;;;;;(H3,1,2,3,4);;;. The topological polar surface area (TPSA) is 77.8 Å². The third kappa shape index (κ3) is 72.6. The second-order valence-electron chi connectivity index (χ2n) is 0.513. The fourth-order valence-electron chi connectivity index (χ4n) is 0. The van der Waals surface area contributed by atoms with Crippen LogP contribution in [0, 0.1) is 0 Å². The molecule has 0 aromatic rings. The summed E-state index contributed by atoms with van der Waals surface area (Å²) in [5, 5.41) is 0. The first-order valence-corrected chi connectivity index (χ1v) is 2.35. The minimum atomic E-state index is -4.64. The summed E-state index contributed by atoms with van der Waals surface area (Å²) in [6, 6.07) is 0. The van der Waals surface area contributed by atoms with Gasteiger partial charge in [-0.2, -0.15) is 0 Å². The van der Waals surface area contributed by atoms with Gasteiger partial charge in [0.2, 0.25) is 0 Å². The molecule has 0 atom stereocenters. The monoisotopic (exact) mass is 290 g/mol. The van der Waals surface area contributed by atoms with E-state index in [1.165, 1.54) is 0 Å². The molecule has 0 saturated carbocycles. The van der Waals surface area contributed by atoms with Gasteiger partial charge in [0.25, 0.3) is 0 Å². The summed E-state index contributed by atoms with van der Waals surface area (Å²) in [5.74, 6) is 0. The molecular formula is H7ClCrK2NaO4P. The van der Waals surface area contributed by atoms with E-state index in [0.717, 1.165) is 0 Å². The first-order chi connectivity index (χ1) is 2.00. The zero-order chi connectivity index (χ0) is 4.50. The molecule has 0 aromatic carbocycles. The van der Waals surface area contributed by atoms with Crippen molar-refractivity contribution in [1.29, 1.82) is 0 Å². The molecule has 10 heteroatoms. The molecule has 0 spiro atoms. The Balaban J connectivity index is -0.00000000800. The Morgan fingerprint density at radius 3 is 1.00 bits per heavy atom. The maximum atomic E-state index is 8.88. The summed E-state index contributed by atoms with van der Waals surface area (Å²) >= 11 is 0. The summed E-state index contributed by atoms with van der Waals surface area (Å²) < 4.78 is 8.88. The Morgan fingerprint density at radius 2 is 1.00 bits per heavy atom. The molecule has 3 N–H and O–H groups in total. The Hall–Kier alpha value is 5.21. The molecule has 0 heterocycles. The first kappa shape index (κ1) is 36.2. The van der Waals surface area contributed by atoms with Crippen molar-refractivity contribution in [2.45, 2.75) is 0 Å². The van der Waals surface area contributed by atoms with Gasteiger partial charge in [0.15, 0.2) is 0 Å². The average Bonchev–Trinajstić information content (AvgIpc) is 0.722. The Labute approximate surface area is 184 Å². The van der Waals surface area contributed by atoms with Gasteiger partial charge in [0.1, 0.15) is 0 Å². The summed E-state index contributed by atoms with van der Waals surface area (Å²) in [6.07, 6.45) is 0. The van der Waals surface area contributed by atoms with Crippen molar-refractivity contribution in [3.63, 3.8) is 0 Å². The van der Waals surface area contributed by atoms with Gasteiger partial charge < -0.3 is 14.7 Å². The van der Waals surface area contributed by atoms with Crippen molar-refractivity contribution in [2.75, 3.05) is 0 Å². The molecule has 0 aliphatic carbocycles. The second-order valence-corrected chi connectivity index (χ2v) is 1.54. The van der Waals surface area contributed by atoms with E-state index in [1.54, 1.807) is 0 Å². The van der Waals surface area contributed by atoms with Gasteiger partial charge in [-0.1, -0.05) is 0 Å². The second kappa shape index (κ2) is 19.7. The fraction of sp³-hybridized carbons (Fsp3) is 0. The maximum absolute atomic E-state index is 8.88. The van der Waals surface area contributed by atoms with Gasteiger partial charge in [0.05, 0.1) is 0 Å². The van der Waals surface area contributed by atoms with Crippen LogP contribution in [0.5, 0.6) is 0 Å². The summed E-state index contributed by atoms with van der Waals surface area (Å²) in [5.41, 5.74) is 0. The van der Waals surface area contributed by atoms with Crippen molar-refractivity contribution >= 4 is 153 Å². The Bertz CT molecular complexity index is 69.4. The number of phosphoric acid groups is 1. The van der Waals surface area contributed by atoms with Gasteiger partial charge in [-0.05, 0) is 0 Å². The van der Waals surface area contributed by atoms with Crippen molar-refractivity contribution in [2.24, 2.45) is 0 Å². The third-order valence-electron chi connectivity index (χ3n) is 0. The summed E-state index contributed by atoms with van der Waals surface area (Å²) in [4.78, 5) is 21.6. The predicted molar refractivity (Wildman–Crippen MR) is 43.0 cm³/mol. The number of rotatable bonds is 0. The Kier molecular flexibility index (Phi) is 71.4. The van der Waals surface area contributed by atoms with E-state index in [-0.39, 0.29) is 162 Å². The molecule has 0 amide bonds. The molecule has 0 aromatic heterocycles. The number of halogens is 1. The molecule has 0 aliphatic heterocycles. The molecule has 0 aliphatic rings. The molecule has 52 valence electrons. The molecule has 4 nitrogen and oxygen atoms in total. The van der Waals surface area contributed by atoms with E-state index in [9.17, 15) is 0 Å².